The number of benzene rings is 2. The monoisotopic (exact) mass is 1260 g/mol. The van der Waals surface area contributed by atoms with Crippen molar-refractivity contribution >= 4 is 71.1 Å². The zero-order chi connectivity index (χ0) is 66.0. The van der Waals surface area contributed by atoms with Gasteiger partial charge in [-0.1, -0.05) is 119 Å². The van der Waals surface area contributed by atoms with Crippen LogP contribution in [0.1, 0.15) is 146 Å². The van der Waals surface area contributed by atoms with Gasteiger partial charge in [0.15, 0.2) is 11.9 Å². The van der Waals surface area contributed by atoms with E-state index in [-0.39, 0.29) is 76.0 Å². The highest BCUT2D eigenvalue weighted by Gasteiger charge is 2.44. The number of aliphatic imine (C=N–C) groups is 2. The van der Waals surface area contributed by atoms with Crippen LogP contribution in [-0.2, 0) is 60.8 Å². The molecule has 90 heavy (non-hydrogen) atoms. The third-order valence-corrected chi connectivity index (χ3v) is 15.9. The first-order valence-corrected chi connectivity index (χ1v) is 31.5. The Morgan fingerprint density at radius 2 is 1.03 bits per heavy atom. The summed E-state index contributed by atoms with van der Waals surface area (Å²) in [4.78, 5) is 144. The van der Waals surface area contributed by atoms with Crippen molar-refractivity contribution < 1.29 is 63.3 Å². The minimum absolute atomic E-state index is 0.0209. The molecule has 498 valence electrons. The van der Waals surface area contributed by atoms with Crippen molar-refractivity contribution in [1.29, 1.82) is 0 Å². The first-order valence-electron chi connectivity index (χ1n) is 31.5. The third kappa shape index (κ3) is 26.0. The molecule has 28 heteroatoms. The van der Waals surface area contributed by atoms with E-state index in [1.54, 1.807) is 60.7 Å². The fourth-order valence-electron chi connectivity index (χ4n) is 11.1. The molecule has 0 aliphatic carbocycles. The second-order valence-corrected chi connectivity index (χ2v) is 22.9. The van der Waals surface area contributed by atoms with Crippen molar-refractivity contribution in [3.63, 3.8) is 0 Å². The fourth-order valence-corrected chi connectivity index (χ4v) is 11.1. The highest BCUT2D eigenvalue weighted by atomic mass is 16.4. The number of aliphatic hydroxyl groups excluding tert-OH is 1. The molecule has 3 aliphatic heterocycles. The van der Waals surface area contributed by atoms with Gasteiger partial charge < -0.3 is 90.1 Å². The van der Waals surface area contributed by atoms with Crippen molar-refractivity contribution in [3.05, 3.63) is 71.8 Å². The molecule has 0 saturated carbocycles. The molecule has 8 amide bonds. The van der Waals surface area contributed by atoms with Gasteiger partial charge in [-0.25, -0.2) is 4.79 Å². The van der Waals surface area contributed by atoms with Crippen molar-refractivity contribution in [1.82, 2.24) is 41.3 Å². The first kappa shape index (κ1) is 74.1. The molecular formula is C62H96N15O13-. The summed E-state index contributed by atoms with van der Waals surface area (Å²) in [6.45, 7) is 1.78. The molecule has 2 aromatic rings. The summed E-state index contributed by atoms with van der Waals surface area (Å²) in [5.41, 5.74) is 29.0. The lowest BCUT2D eigenvalue weighted by Crippen LogP contribution is -2.60. The Labute approximate surface area is 526 Å². The van der Waals surface area contributed by atoms with Crippen LogP contribution in [0, 0.1) is 0 Å². The second kappa shape index (κ2) is 40.3. The van der Waals surface area contributed by atoms with Crippen LogP contribution in [0.15, 0.2) is 70.6 Å². The largest absolute Gasteiger partial charge is 0.550 e. The number of nitrogens with zero attached hydrogens (tertiary/aromatic N) is 5. The first-order chi connectivity index (χ1) is 43.1. The molecule has 0 aromatic heterocycles. The van der Waals surface area contributed by atoms with Crippen LogP contribution >= 0.6 is 0 Å². The molecule has 3 aliphatic rings. The van der Waals surface area contributed by atoms with Crippen LogP contribution in [0.4, 0.5) is 0 Å². The molecule has 2 aromatic carbocycles. The number of carboxylic acids is 2. The topological polar surface area (TPSA) is 459 Å². The van der Waals surface area contributed by atoms with E-state index in [9.17, 15) is 63.3 Å². The van der Waals surface area contributed by atoms with E-state index in [2.05, 4.69) is 43.5 Å². The second-order valence-electron chi connectivity index (χ2n) is 22.9. The number of aliphatic carboxylic acids is 2. The molecule has 8 atom stereocenters. The number of guanidine groups is 2. The maximum atomic E-state index is 14.1. The number of hydrogen-bond donors (Lipinski definition) is 12. The highest BCUT2D eigenvalue weighted by molar-refractivity contribution is 5.98. The smallest absolute Gasteiger partial charge is 0.326 e. The molecule has 3 fully saturated rings. The van der Waals surface area contributed by atoms with Gasteiger partial charge >= 0.3 is 5.97 Å². The third-order valence-electron chi connectivity index (χ3n) is 15.9. The lowest BCUT2D eigenvalue weighted by molar-refractivity contribution is -0.305. The van der Waals surface area contributed by atoms with Crippen molar-refractivity contribution in [3.8, 4) is 0 Å². The predicted molar refractivity (Wildman–Crippen MR) is 335 cm³/mol. The summed E-state index contributed by atoms with van der Waals surface area (Å²) in [7, 11) is 0. The number of hydrogen-bond acceptors (Lipinski definition) is 15. The molecule has 0 bridgehead atoms. The van der Waals surface area contributed by atoms with Gasteiger partial charge in [-0.15, -0.1) is 0 Å². The summed E-state index contributed by atoms with van der Waals surface area (Å²) in [5, 5.41) is 43.4. The van der Waals surface area contributed by atoms with E-state index >= 15 is 0 Å². The molecule has 17 N–H and O–H groups in total. The average molecular weight is 1260 g/mol. The SMILES string of the molecule is CCCCCCCCCCCC(=O)[O-].NC(N)=NCCC[C@H](NC(=O)[C@H](Cc1ccccc1)NC(=O)[C@@H]1CCCN1C(=O)[C@H](CO)NC(=O)[C@H](Cc1ccccc1)NC(=O)CNC(=O)[C@@H]1CCCN1C(=O)[C@@H]1CCCN1C(=O)[C@@H](N)CCCN=C(N)N)C(=O)O. The number of nitrogens with one attached hydrogen (secondary N) is 5. The van der Waals surface area contributed by atoms with Gasteiger partial charge in [0, 0.05) is 51.5 Å². The molecule has 3 saturated heterocycles. The molecule has 28 nitrogen and oxygen atoms in total. The summed E-state index contributed by atoms with van der Waals surface area (Å²) >= 11 is 0. The number of aliphatic hydroxyl groups is 1. The standard InChI is InChI=1S/C50H73N15O11.C12H24O2/c51-32(16-7-21-56-49(52)53)45(72)65-25-11-20-39(65)47(74)64-24-9-18-37(64)43(70)58-28-40(67)59-34(26-30-12-3-1-4-13-30)41(68)62-36(29-66)46(73)63-23-10-19-38(63)44(71)61-35(27-31-14-5-2-6-15-31)42(69)60-33(48(75)76)17-8-22-57-50(54)55;1-2-3-4-5-6-7-8-9-10-11-12(13)14/h1-6,12-15,32-39,66H,7-11,16-29,51H2,(H,58,70)(H,59,67)(H,60,69)(H,61,71)(H,62,68)(H,75,76)(H4,52,53,56)(H4,54,55,57);2-11H2,1H3,(H,13,14)/p-1/t32-,33-,34-,35-,36-,37-,38-,39-;/m0./s1. The van der Waals surface area contributed by atoms with Crippen LogP contribution in [-0.4, -0.2) is 190 Å². The normalized spacial score (nSPS) is 17.6. The van der Waals surface area contributed by atoms with Gasteiger partial charge in [0.05, 0.1) is 19.2 Å². The van der Waals surface area contributed by atoms with Gasteiger partial charge in [0.1, 0.15) is 42.3 Å². The Morgan fingerprint density at radius 3 is 1.54 bits per heavy atom. The lowest BCUT2D eigenvalue weighted by Gasteiger charge is -2.32. The zero-order valence-corrected chi connectivity index (χ0v) is 51.9. The van der Waals surface area contributed by atoms with Crippen LogP contribution in [0.3, 0.4) is 0 Å². The highest BCUT2D eigenvalue weighted by Crippen LogP contribution is 2.26. The zero-order valence-electron chi connectivity index (χ0n) is 51.9. The van der Waals surface area contributed by atoms with Crippen molar-refractivity contribution in [2.24, 2.45) is 38.7 Å². The van der Waals surface area contributed by atoms with E-state index in [1.165, 1.54) is 59.6 Å². The Hall–Kier alpha value is -8.40. The van der Waals surface area contributed by atoms with E-state index in [0.717, 1.165) is 12.8 Å². The Bertz CT molecular complexity index is 2700. The van der Waals surface area contributed by atoms with Gasteiger partial charge in [0.2, 0.25) is 47.3 Å². The molecule has 0 radical (unpaired) electrons. The number of amides is 8. The average Bonchev–Trinajstić information content (AvgIpc) is 4.22. The van der Waals surface area contributed by atoms with Crippen molar-refractivity contribution in [2.75, 3.05) is 45.9 Å². The van der Waals surface area contributed by atoms with Crippen LogP contribution < -0.4 is 60.4 Å². The maximum absolute atomic E-state index is 14.1. The van der Waals surface area contributed by atoms with E-state index < -0.39 is 115 Å². The number of carbonyl (C=O) groups excluding carboxylic acids is 9. The number of carboxylic acid groups (broad SMARTS) is 2. The Balaban J connectivity index is 0.00000109. The molecular weight excluding hydrogens is 1160 g/mol. The number of nitrogens with two attached hydrogens (primary N) is 5. The summed E-state index contributed by atoms with van der Waals surface area (Å²) in [5.74, 6) is -7.84. The predicted octanol–water partition coefficient (Wildman–Crippen LogP) is -1.33. The summed E-state index contributed by atoms with van der Waals surface area (Å²) in [6.07, 6.45) is 14.3. The number of likely N-dealkylation sites (tertiary alicyclic amines) is 3. The lowest BCUT2D eigenvalue weighted by atomic mass is 10.0. The fraction of sp³-hybridized carbons (Fsp3) is 0.613. The van der Waals surface area contributed by atoms with Crippen LogP contribution in [0.2, 0.25) is 0 Å². The number of rotatable bonds is 37. The van der Waals surface area contributed by atoms with Gasteiger partial charge in [-0.05, 0) is 88.2 Å². The van der Waals surface area contributed by atoms with E-state index in [1.807, 2.05) is 0 Å². The Kier molecular flexibility index (Phi) is 33.1. The molecule has 5 rings (SSSR count). The van der Waals surface area contributed by atoms with Crippen LogP contribution in [0.5, 0.6) is 0 Å². The van der Waals surface area contributed by atoms with Gasteiger partial charge in [0.25, 0.3) is 0 Å². The maximum Gasteiger partial charge on any atom is 0.326 e. The van der Waals surface area contributed by atoms with Crippen LogP contribution in [0.25, 0.3) is 0 Å². The van der Waals surface area contributed by atoms with Crippen molar-refractivity contribution in [2.45, 2.75) is 197 Å². The quantitative estimate of drug-likeness (QED) is 0.0212. The van der Waals surface area contributed by atoms with Gasteiger partial charge in [-0.2, -0.15) is 0 Å². The van der Waals surface area contributed by atoms with E-state index in [0.29, 0.717) is 69.2 Å². The summed E-state index contributed by atoms with van der Waals surface area (Å²) < 4.78 is 0. The van der Waals surface area contributed by atoms with E-state index in [4.69, 9.17) is 28.7 Å². The van der Waals surface area contributed by atoms with Gasteiger partial charge in [-0.3, -0.25) is 48.3 Å². The number of unbranched alkanes of at least 4 members (excludes halogenated alkanes) is 8. The minimum atomic E-state index is -1.59. The molecule has 0 spiro atoms. The minimum Gasteiger partial charge on any atom is -0.550 e. The Morgan fingerprint density at radius 1 is 0.567 bits per heavy atom. The number of carbonyl (C=O) groups is 10. The summed E-state index contributed by atoms with van der Waals surface area (Å²) in [6, 6.07) is 8.00. The molecule has 0 unspecified atom stereocenters. The molecule has 3 heterocycles.